The van der Waals surface area contributed by atoms with E-state index >= 15 is 0 Å². The van der Waals surface area contributed by atoms with Crippen molar-refractivity contribution in [1.29, 1.82) is 0 Å². The van der Waals surface area contributed by atoms with Gasteiger partial charge in [-0.25, -0.2) is 0 Å². The van der Waals surface area contributed by atoms with E-state index in [2.05, 4.69) is 36.2 Å². The summed E-state index contributed by atoms with van der Waals surface area (Å²) in [5.74, 6) is 0. The molecule has 0 aliphatic carbocycles. The average Bonchev–Trinajstić information content (AvgIpc) is 2.89. The molecule has 16 heavy (non-hydrogen) atoms. The van der Waals surface area contributed by atoms with Crippen LogP contribution in [0.4, 0.5) is 0 Å². The van der Waals surface area contributed by atoms with Crippen molar-refractivity contribution in [2.75, 3.05) is 19.6 Å². The molecule has 1 saturated heterocycles. The van der Waals surface area contributed by atoms with Crippen LogP contribution in [-0.2, 0) is 6.54 Å². The summed E-state index contributed by atoms with van der Waals surface area (Å²) < 4.78 is 0. The number of hydrogen-bond donors (Lipinski definition) is 1. The van der Waals surface area contributed by atoms with E-state index in [9.17, 15) is 0 Å². The number of rotatable bonds is 5. The molecule has 90 valence electrons. The number of aryl methyl sites for hydroxylation is 1. The highest BCUT2D eigenvalue weighted by atomic mass is 32.1. The molecule has 1 fully saturated rings. The number of likely N-dealkylation sites (N-methyl/N-ethyl adjacent to an activating group) is 1. The van der Waals surface area contributed by atoms with Crippen molar-refractivity contribution in [3.63, 3.8) is 0 Å². The van der Waals surface area contributed by atoms with Gasteiger partial charge in [0.1, 0.15) is 0 Å². The minimum Gasteiger partial charge on any atom is -0.313 e. The Bertz CT molecular complexity index is 315. The fourth-order valence-corrected chi connectivity index (χ4v) is 3.25. The van der Waals surface area contributed by atoms with Crippen LogP contribution in [0.5, 0.6) is 0 Å². The summed E-state index contributed by atoms with van der Waals surface area (Å²) >= 11 is 1.93. The highest BCUT2D eigenvalue weighted by molar-refractivity contribution is 7.11. The predicted molar refractivity (Wildman–Crippen MR) is 71.0 cm³/mol. The molecule has 1 unspecified atom stereocenters. The zero-order valence-electron chi connectivity index (χ0n) is 10.3. The van der Waals surface area contributed by atoms with Crippen molar-refractivity contribution < 1.29 is 0 Å². The second-order valence-electron chi connectivity index (χ2n) is 4.63. The fraction of sp³-hybridized carbons (Fsp3) is 0.692. The van der Waals surface area contributed by atoms with Gasteiger partial charge in [0.2, 0.25) is 0 Å². The maximum atomic E-state index is 3.57. The lowest BCUT2D eigenvalue weighted by atomic mass is 10.2. The van der Waals surface area contributed by atoms with Gasteiger partial charge < -0.3 is 5.32 Å². The van der Waals surface area contributed by atoms with E-state index in [4.69, 9.17) is 0 Å². The van der Waals surface area contributed by atoms with Crippen molar-refractivity contribution in [3.05, 3.63) is 21.9 Å². The smallest absolute Gasteiger partial charge is 0.0328 e. The molecule has 0 aromatic carbocycles. The van der Waals surface area contributed by atoms with Crippen molar-refractivity contribution in [3.8, 4) is 0 Å². The van der Waals surface area contributed by atoms with Crippen LogP contribution < -0.4 is 5.32 Å². The lowest BCUT2D eigenvalue weighted by Gasteiger charge is -2.23. The zero-order valence-corrected chi connectivity index (χ0v) is 11.1. The van der Waals surface area contributed by atoms with Gasteiger partial charge in [-0.2, -0.15) is 0 Å². The van der Waals surface area contributed by atoms with E-state index < -0.39 is 0 Å². The van der Waals surface area contributed by atoms with Crippen molar-refractivity contribution in [1.82, 2.24) is 10.2 Å². The van der Waals surface area contributed by atoms with Crippen LogP contribution in [0, 0.1) is 6.92 Å². The molecule has 0 radical (unpaired) electrons. The Hall–Kier alpha value is -0.380. The summed E-state index contributed by atoms with van der Waals surface area (Å²) in [5.41, 5.74) is 0. The number of hydrogen-bond acceptors (Lipinski definition) is 3. The highest BCUT2D eigenvalue weighted by Crippen LogP contribution is 2.18. The second kappa shape index (κ2) is 5.80. The van der Waals surface area contributed by atoms with E-state index in [1.807, 2.05) is 11.3 Å². The minimum absolute atomic E-state index is 0.723. The van der Waals surface area contributed by atoms with Gasteiger partial charge in [-0.1, -0.05) is 6.92 Å². The molecule has 2 heterocycles. The van der Waals surface area contributed by atoms with E-state index in [1.165, 1.54) is 35.7 Å². The van der Waals surface area contributed by atoms with Gasteiger partial charge >= 0.3 is 0 Å². The third-order valence-electron chi connectivity index (χ3n) is 3.26. The van der Waals surface area contributed by atoms with Crippen LogP contribution in [-0.4, -0.2) is 30.6 Å². The third-order valence-corrected chi connectivity index (χ3v) is 4.25. The molecule has 1 atom stereocenters. The predicted octanol–water partition coefficient (Wildman–Crippen LogP) is 2.63. The van der Waals surface area contributed by atoms with E-state index in [0.29, 0.717) is 0 Å². The van der Waals surface area contributed by atoms with Gasteiger partial charge in [0, 0.05) is 28.9 Å². The Morgan fingerprint density at radius 2 is 2.38 bits per heavy atom. The number of nitrogens with one attached hydrogen (secondary N) is 1. The Kier molecular flexibility index (Phi) is 4.38. The molecule has 0 spiro atoms. The van der Waals surface area contributed by atoms with Crippen LogP contribution in [0.1, 0.15) is 29.5 Å². The summed E-state index contributed by atoms with van der Waals surface area (Å²) in [4.78, 5) is 5.47. The fourth-order valence-electron chi connectivity index (χ4n) is 2.32. The zero-order chi connectivity index (χ0) is 11.4. The quantitative estimate of drug-likeness (QED) is 0.848. The monoisotopic (exact) mass is 238 g/mol. The maximum absolute atomic E-state index is 3.57. The first kappa shape index (κ1) is 12.1. The van der Waals surface area contributed by atoms with Crippen LogP contribution in [0.25, 0.3) is 0 Å². The maximum Gasteiger partial charge on any atom is 0.0328 e. The van der Waals surface area contributed by atoms with E-state index in [0.717, 1.165) is 19.1 Å². The first-order valence-corrected chi connectivity index (χ1v) is 7.10. The normalized spacial score (nSPS) is 20.8. The molecule has 0 amide bonds. The van der Waals surface area contributed by atoms with Gasteiger partial charge in [-0.3, -0.25) is 4.90 Å². The Balaban J connectivity index is 1.84. The highest BCUT2D eigenvalue weighted by Gasteiger charge is 2.17. The molecule has 1 aromatic heterocycles. The van der Waals surface area contributed by atoms with E-state index in [1.54, 1.807) is 0 Å². The van der Waals surface area contributed by atoms with Crippen LogP contribution in [0.3, 0.4) is 0 Å². The topological polar surface area (TPSA) is 15.3 Å². The number of thiophene rings is 1. The van der Waals surface area contributed by atoms with E-state index in [-0.39, 0.29) is 0 Å². The third kappa shape index (κ3) is 3.30. The molecule has 2 rings (SSSR count). The van der Waals surface area contributed by atoms with Crippen molar-refractivity contribution >= 4 is 11.3 Å². The lowest BCUT2D eigenvalue weighted by Crippen LogP contribution is -2.36. The lowest BCUT2D eigenvalue weighted by molar-refractivity contribution is 0.255. The Morgan fingerprint density at radius 3 is 2.94 bits per heavy atom. The van der Waals surface area contributed by atoms with Gasteiger partial charge in [0.25, 0.3) is 0 Å². The minimum atomic E-state index is 0.723. The summed E-state index contributed by atoms with van der Waals surface area (Å²) in [6.45, 7) is 9.12. The summed E-state index contributed by atoms with van der Waals surface area (Å²) in [7, 11) is 0. The summed E-state index contributed by atoms with van der Waals surface area (Å²) in [6, 6.07) is 5.22. The van der Waals surface area contributed by atoms with Gasteiger partial charge in [-0.15, -0.1) is 11.3 Å². The molecule has 0 saturated carbocycles. The molecule has 1 aromatic rings. The van der Waals surface area contributed by atoms with Gasteiger partial charge in [0.05, 0.1) is 0 Å². The standard InChI is InChI=1S/C13H22N2S/c1-3-15(9-12-5-4-8-14-12)10-13-7-6-11(2)16-13/h6-7,12,14H,3-5,8-10H2,1-2H3. The van der Waals surface area contributed by atoms with Crippen molar-refractivity contribution in [2.24, 2.45) is 0 Å². The molecule has 1 N–H and O–H groups in total. The largest absolute Gasteiger partial charge is 0.313 e. The first-order chi connectivity index (χ1) is 7.78. The molecule has 1 aliphatic heterocycles. The SMILES string of the molecule is CCN(Cc1ccc(C)s1)CC1CCCN1. The molecular formula is C13H22N2S. The van der Waals surface area contributed by atoms with Gasteiger partial charge in [-0.05, 0) is 45.0 Å². The van der Waals surface area contributed by atoms with Crippen LogP contribution in [0.15, 0.2) is 12.1 Å². The average molecular weight is 238 g/mol. The molecular weight excluding hydrogens is 216 g/mol. The molecule has 2 nitrogen and oxygen atoms in total. The summed E-state index contributed by atoms with van der Waals surface area (Å²) in [6.07, 6.45) is 2.69. The number of nitrogens with zero attached hydrogens (tertiary/aromatic N) is 1. The molecule has 0 bridgehead atoms. The van der Waals surface area contributed by atoms with Gasteiger partial charge in [0.15, 0.2) is 0 Å². The van der Waals surface area contributed by atoms with Crippen molar-refractivity contribution in [2.45, 2.75) is 39.3 Å². The Morgan fingerprint density at radius 1 is 1.50 bits per heavy atom. The van der Waals surface area contributed by atoms with Crippen LogP contribution in [0.2, 0.25) is 0 Å². The molecule has 3 heteroatoms. The second-order valence-corrected chi connectivity index (χ2v) is 6.01. The first-order valence-electron chi connectivity index (χ1n) is 6.29. The molecule has 1 aliphatic rings. The Labute approximate surface area is 103 Å². The summed E-state index contributed by atoms with van der Waals surface area (Å²) in [5, 5.41) is 3.57. The van der Waals surface area contributed by atoms with Crippen LogP contribution >= 0.6 is 11.3 Å².